The first-order chi connectivity index (χ1) is 10.8. The fraction of sp³-hybridized carbons (Fsp3) is 0.375. The summed E-state index contributed by atoms with van der Waals surface area (Å²) in [7, 11) is 0. The van der Waals surface area contributed by atoms with Gasteiger partial charge in [0.25, 0.3) is 0 Å². The summed E-state index contributed by atoms with van der Waals surface area (Å²) in [5.41, 5.74) is 0.477. The van der Waals surface area contributed by atoms with Crippen molar-refractivity contribution in [2.24, 2.45) is 0 Å². The van der Waals surface area contributed by atoms with Crippen LogP contribution in [-0.2, 0) is 33.4 Å². The van der Waals surface area contributed by atoms with E-state index in [2.05, 4.69) is 4.74 Å². The minimum Gasteiger partial charge on any atom is -0.458 e. The molecular formula is C16H18O7. The number of rotatable bonds is 7. The largest absolute Gasteiger partial charge is 0.458 e. The van der Waals surface area contributed by atoms with Crippen LogP contribution in [-0.4, -0.2) is 36.4 Å². The third-order valence-corrected chi connectivity index (χ3v) is 2.72. The van der Waals surface area contributed by atoms with Crippen molar-refractivity contribution in [1.82, 2.24) is 0 Å². The molecule has 0 aliphatic rings. The van der Waals surface area contributed by atoms with E-state index in [-0.39, 0.29) is 0 Å². The van der Waals surface area contributed by atoms with Gasteiger partial charge in [-0.1, -0.05) is 30.3 Å². The normalized spacial score (nSPS) is 12.7. The quantitative estimate of drug-likeness (QED) is 0.552. The fourth-order valence-electron chi connectivity index (χ4n) is 1.86. The Morgan fingerprint density at radius 2 is 1.43 bits per heavy atom. The maximum atomic E-state index is 12.2. The van der Waals surface area contributed by atoms with E-state index >= 15 is 0 Å². The molecule has 0 radical (unpaired) electrons. The van der Waals surface area contributed by atoms with Gasteiger partial charge in [-0.25, -0.2) is 0 Å². The van der Waals surface area contributed by atoms with E-state index in [1.165, 1.54) is 6.92 Å². The summed E-state index contributed by atoms with van der Waals surface area (Å²) in [5, 5.41) is 0. The standard InChI is InChI=1S/C16H18O7/c1-10(17)21-9-14(20)16(23-12(3)19)15(22-11(2)18)13-7-5-4-6-8-13/h4-8,15-16H,9H2,1-3H3/t15-,16-/m0/s1. The van der Waals surface area contributed by atoms with Gasteiger partial charge in [0.1, 0.15) is 0 Å². The number of carbonyl (C=O) groups excluding carboxylic acids is 4. The molecule has 0 spiro atoms. The van der Waals surface area contributed by atoms with Crippen molar-refractivity contribution >= 4 is 23.7 Å². The van der Waals surface area contributed by atoms with Crippen LogP contribution in [0.2, 0.25) is 0 Å². The van der Waals surface area contributed by atoms with E-state index in [1.807, 2.05) is 0 Å². The summed E-state index contributed by atoms with van der Waals surface area (Å²) in [6.45, 7) is 2.87. The van der Waals surface area contributed by atoms with Gasteiger partial charge < -0.3 is 14.2 Å². The molecule has 0 fully saturated rings. The molecule has 0 saturated heterocycles. The molecule has 0 saturated carbocycles. The first-order valence-electron chi connectivity index (χ1n) is 6.86. The van der Waals surface area contributed by atoms with E-state index in [4.69, 9.17) is 9.47 Å². The van der Waals surface area contributed by atoms with Crippen molar-refractivity contribution in [2.45, 2.75) is 33.0 Å². The lowest BCUT2D eigenvalue weighted by atomic mass is 10.0. The summed E-state index contributed by atoms with van der Waals surface area (Å²) >= 11 is 0. The molecular weight excluding hydrogens is 304 g/mol. The van der Waals surface area contributed by atoms with Gasteiger partial charge in [-0.15, -0.1) is 0 Å². The zero-order chi connectivity index (χ0) is 17.4. The first-order valence-corrected chi connectivity index (χ1v) is 6.86. The third kappa shape index (κ3) is 6.29. The highest BCUT2D eigenvalue weighted by molar-refractivity contribution is 5.88. The molecule has 0 bridgehead atoms. The van der Waals surface area contributed by atoms with E-state index in [0.717, 1.165) is 13.8 Å². The van der Waals surface area contributed by atoms with Gasteiger partial charge in [0.15, 0.2) is 12.7 Å². The average molecular weight is 322 g/mol. The van der Waals surface area contributed by atoms with Gasteiger partial charge in [-0.2, -0.15) is 0 Å². The molecule has 0 aliphatic heterocycles. The Morgan fingerprint density at radius 1 is 0.870 bits per heavy atom. The smallest absolute Gasteiger partial charge is 0.303 e. The summed E-state index contributed by atoms with van der Waals surface area (Å²) in [6, 6.07) is 8.38. The third-order valence-electron chi connectivity index (χ3n) is 2.72. The molecule has 7 nitrogen and oxygen atoms in total. The van der Waals surface area contributed by atoms with Crippen molar-refractivity contribution in [3.8, 4) is 0 Å². The number of hydrogen-bond donors (Lipinski definition) is 0. The molecule has 7 heteroatoms. The summed E-state index contributed by atoms with van der Waals surface area (Å²) in [5.74, 6) is -2.70. The zero-order valence-electron chi connectivity index (χ0n) is 13.1. The summed E-state index contributed by atoms with van der Waals surface area (Å²) < 4.78 is 14.8. The number of benzene rings is 1. The molecule has 1 aromatic carbocycles. The first kappa shape index (κ1) is 18.3. The Bertz CT molecular complexity index is 579. The molecule has 1 aromatic rings. The number of carbonyl (C=O) groups is 4. The topological polar surface area (TPSA) is 96.0 Å². The monoisotopic (exact) mass is 322 g/mol. The highest BCUT2D eigenvalue weighted by atomic mass is 16.6. The molecule has 0 unspecified atom stereocenters. The second-order valence-corrected chi connectivity index (χ2v) is 4.72. The predicted octanol–water partition coefficient (Wildman–Crippen LogP) is 1.35. The highest BCUT2D eigenvalue weighted by Crippen LogP contribution is 2.25. The Morgan fingerprint density at radius 3 is 1.91 bits per heavy atom. The van der Waals surface area contributed by atoms with Gasteiger partial charge in [0.2, 0.25) is 11.9 Å². The van der Waals surface area contributed by atoms with E-state index < -0.39 is 42.5 Å². The minimum atomic E-state index is -1.40. The number of Topliss-reactive ketones (excluding diaryl/α,β-unsaturated/α-hetero) is 1. The Hall–Kier alpha value is -2.70. The van der Waals surface area contributed by atoms with E-state index in [1.54, 1.807) is 30.3 Å². The summed E-state index contributed by atoms with van der Waals surface area (Å²) in [4.78, 5) is 45.7. The lowest BCUT2D eigenvalue weighted by molar-refractivity contribution is -0.172. The molecule has 0 aromatic heterocycles. The SMILES string of the molecule is CC(=O)OCC(=O)[C@H](OC(C)=O)[C@@H](OC(C)=O)c1ccccc1. The van der Waals surface area contributed by atoms with Gasteiger partial charge in [0.05, 0.1) is 0 Å². The van der Waals surface area contributed by atoms with Crippen molar-refractivity contribution in [3.63, 3.8) is 0 Å². The van der Waals surface area contributed by atoms with Crippen LogP contribution in [0.1, 0.15) is 32.4 Å². The van der Waals surface area contributed by atoms with Crippen LogP contribution in [0, 0.1) is 0 Å². The average Bonchev–Trinajstić information content (AvgIpc) is 2.48. The molecule has 0 aliphatic carbocycles. The van der Waals surface area contributed by atoms with Crippen LogP contribution < -0.4 is 0 Å². The maximum Gasteiger partial charge on any atom is 0.303 e. The molecule has 0 heterocycles. The number of ketones is 1. The molecule has 0 amide bonds. The molecule has 2 atom stereocenters. The number of hydrogen-bond acceptors (Lipinski definition) is 7. The van der Waals surface area contributed by atoms with Crippen molar-refractivity contribution in [3.05, 3.63) is 35.9 Å². The van der Waals surface area contributed by atoms with Gasteiger partial charge in [-0.05, 0) is 5.56 Å². The highest BCUT2D eigenvalue weighted by Gasteiger charge is 2.35. The molecule has 124 valence electrons. The van der Waals surface area contributed by atoms with Crippen LogP contribution in [0.3, 0.4) is 0 Å². The van der Waals surface area contributed by atoms with Crippen molar-refractivity contribution in [1.29, 1.82) is 0 Å². The lowest BCUT2D eigenvalue weighted by Gasteiger charge is -2.25. The Balaban J connectivity index is 3.10. The lowest BCUT2D eigenvalue weighted by Crippen LogP contribution is -2.37. The van der Waals surface area contributed by atoms with E-state index in [0.29, 0.717) is 5.56 Å². The second-order valence-electron chi connectivity index (χ2n) is 4.72. The van der Waals surface area contributed by atoms with Gasteiger partial charge >= 0.3 is 17.9 Å². The number of esters is 3. The van der Waals surface area contributed by atoms with Crippen molar-refractivity contribution < 1.29 is 33.4 Å². The van der Waals surface area contributed by atoms with Crippen LogP contribution in [0.4, 0.5) is 0 Å². The minimum absolute atomic E-state index is 0.477. The second kappa shape index (κ2) is 8.67. The van der Waals surface area contributed by atoms with Crippen LogP contribution in [0.5, 0.6) is 0 Å². The summed E-state index contributed by atoms with van der Waals surface area (Å²) in [6.07, 6.45) is -2.53. The molecule has 1 rings (SSSR count). The van der Waals surface area contributed by atoms with Crippen LogP contribution in [0.15, 0.2) is 30.3 Å². The molecule has 23 heavy (non-hydrogen) atoms. The fourth-order valence-corrected chi connectivity index (χ4v) is 1.86. The number of ether oxygens (including phenoxy) is 3. The van der Waals surface area contributed by atoms with Crippen LogP contribution >= 0.6 is 0 Å². The van der Waals surface area contributed by atoms with Gasteiger partial charge in [0, 0.05) is 20.8 Å². The Labute approximate surface area is 133 Å². The maximum absolute atomic E-state index is 12.2. The zero-order valence-corrected chi connectivity index (χ0v) is 13.1. The predicted molar refractivity (Wildman–Crippen MR) is 78.1 cm³/mol. The van der Waals surface area contributed by atoms with Crippen LogP contribution in [0.25, 0.3) is 0 Å². The van der Waals surface area contributed by atoms with Gasteiger partial charge in [-0.3, -0.25) is 19.2 Å². The molecule has 0 N–H and O–H groups in total. The Kier molecular flexibility index (Phi) is 6.92. The van der Waals surface area contributed by atoms with E-state index in [9.17, 15) is 19.2 Å². The van der Waals surface area contributed by atoms with Crippen molar-refractivity contribution in [2.75, 3.05) is 6.61 Å².